The van der Waals surface area contributed by atoms with Crippen molar-refractivity contribution in [2.75, 3.05) is 18.5 Å². The van der Waals surface area contributed by atoms with Gasteiger partial charge in [-0.25, -0.2) is 9.78 Å². The van der Waals surface area contributed by atoms with Crippen LogP contribution in [-0.2, 0) is 22.5 Å². The van der Waals surface area contributed by atoms with Crippen molar-refractivity contribution in [3.8, 4) is 0 Å². The van der Waals surface area contributed by atoms with Crippen molar-refractivity contribution >= 4 is 28.6 Å². The van der Waals surface area contributed by atoms with Crippen LogP contribution in [0.2, 0.25) is 0 Å². The molecule has 3 heterocycles. The van der Waals surface area contributed by atoms with Crippen LogP contribution >= 0.6 is 0 Å². The number of amides is 1. The van der Waals surface area contributed by atoms with Crippen LogP contribution in [0.15, 0.2) is 42.5 Å². The molecule has 4 rings (SSSR count). The molecule has 0 spiro atoms. The van der Waals surface area contributed by atoms with Crippen molar-refractivity contribution in [2.45, 2.75) is 39.8 Å². The SMILES string of the molecule is Cc1cccc(NC(=O)COC(=O)c2c3c(nc4ccccc24)CCN(C(C)C)C3)n1. The topological polar surface area (TPSA) is 84.4 Å². The van der Waals surface area contributed by atoms with E-state index < -0.39 is 11.9 Å². The molecule has 0 saturated heterocycles. The Morgan fingerprint density at radius 3 is 2.71 bits per heavy atom. The maximum absolute atomic E-state index is 13.2. The number of hydrogen-bond acceptors (Lipinski definition) is 6. The zero-order valence-electron chi connectivity index (χ0n) is 18.0. The Balaban J connectivity index is 1.58. The zero-order valence-corrected chi connectivity index (χ0v) is 18.0. The number of fused-ring (bicyclic) bond motifs is 2. The summed E-state index contributed by atoms with van der Waals surface area (Å²) in [5, 5.41) is 3.41. The lowest BCUT2D eigenvalue weighted by atomic mass is 9.95. The minimum atomic E-state index is -0.507. The van der Waals surface area contributed by atoms with E-state index in [0.29, 0.717) is 24.0 Å². The standard InChI is InChI=1S/C24H26N4O3/c1-15(2)28-12-11-20-18(13-28)23(17-8-4-5-9-19(17)26-20)24(30)31-14-22(29)27-21-10-6-7-16(3)25-21/h4-10,15H,11-14H2,1-3H3,(H,25,27,29). The van der Waals surface area contributed by atoms with Crippen LogP contribution < -0.4 is 5.32 Å². The number of nitrogens with one attached hydrogen (secondary N) is 1. The Hall–Kier alpha value is -3.32. The quantitative estimate of drug-likeness (QED) is 0.639. The van der Waals surface area contributed by atoms with E-state index in [2.05, 4.69) is 29.0 Å². The summed E-state index contributed by atoms with van der Waals surface area (Å²) in [5.74, 6) is -0.504. The molecule has 0 unspecified atom stereocenters. The number of carbonyl (C=O) groups excluding carboxylic acids is 2. The maximum atomic E-state index is 13.2. The van der Waals surface area contributed by atoms with Gasteiger partial charge in [-0.1, -0.05) is 24.3 Å². The van der Waals surface area contributed by atoms with Crippen molar-refractivity contribution in [2.24, 2.45) is 0 Å². The van der Waals surface area contributed by atoms with Gasteiger partial charge in [-0.05, 0) is 39.0 Å². The van der Waals surface area contributed by atoms with Gasteiger partial charge in [0.1, 0.15) is 5.82 Å². The molecule has 7 nitrogen and oxygen atoms in total. The normalized spacial score (nSPS) is 13.8. The Morgan fingerprint density at radius 2 is 1.94 bits per heavy atom. The van der Waals surface area contributed by atoms with Crippen LogP contribution in [0.5, 0.6) is 0 Å². The summed E-state index contributed by atoms with van der Waals surface area (Å²) in [7, 11) is 0. The van der Waals surface area contributed by atoms with E-state index >= 15 is 0 Å². The highest BCUT2D eigenvalue weighted by atomic mass is 16.5. The largest absolute Gasteiger partial charge is 0.452 e. The lowest BCUT2D eigenvalue weighted by Gasteiger charge is -2.32. The van der Waals surface area contributed by atoms with E-state index in [1.54, 1.807) is 12.1 Å². The third kappa shape index (κ3) is 4.56. The molecule has 0 radical (unpaired) electrons. The highest BCUT2D eigenvalue weighted by Crippen LogP contribution is 2.29. The van der Waals surface area contributed by atoms with Crippen LogP contribution in [0.4, 0.5) is 5.82 Å². The molecule has 2 aromatic heterocycles. The molecule has 1 amide bonds. The average molecular weight is 418 g/mol. The van der Waals surface area contributed by atoms with Gasteiger partial charge in [-0.3, -0.25) is 14.7 Å². The predicted octanol–water partition coefficient (Wildman–Crippen LogP) is 3.50. The fraction of sp³-hybridized carbons (Fsp3) is 0.333. The number of ether oxygens (including phenoxy) is 1. The van der Waals surface area contributed by atoms with Crippen LogP contribution in [0.3, 0.4) is 0 Å². The lowest BCUT2D eigenvalue weighted by Crippen LogP contribution is -2.37. The second-order valence-electron chi connectivity index (χ2n) is 8.03. The van der Waals surface area contributed by atoms with Gasteiger partial charge in [-0.2, -0.15) is 0 Å². The minimum Gasteiger partial charge on any atom is -0.452 e. The summed E-state index contributed by atoms with van der Waals surface area (Å²) in [5.41, 5.74) is 3.88. The maximum Gasteiger partial charge on any atom is 0.339 e. The highest BCUT2D eigenvalue weighted by molar-refractivity contribution is 6.06. The van der Waals surface area contributed by atoms with E-state index in [1.165, 1.54) is 0 Å². The monoisotopic (exact) mass is 418 g/mol. The summed E-state index contributed by atoms with van der Waals surface area (Å²) < 4.78 is 5.44. The Labute approximate surface area is 181 Å². The molecule has 1 aliphatic heterocycles. The number of esters is 1. The highest BCUT2D eigenvalue weighted by Gasteiger charge is 2.27. The predicted molar refractivity (Wildman–Crippen MR) is 119 cm³/mol. The van der Waals surface area contributed by atoms with E-state index in [0.717, 1.165) is 40.8 Å². The number of pyridine rings is 2. The van der Waals surface area contributed by atoms with Gasteiger partial charge in [-0.15, -0.1) is 0 Å². The number of anilines is 1. The second-order valence-corrected chi connectivity index (χ2v) is 8.03. The molecule has 7 heteroatoms. The molecule has 1 N–H and O–H groups in total. The molecule has 0 bridgehead atoms. The van der Waals surface area contributed by atoms with Gasteiger partial charge in [0.25, 0.3) is 5.91 Å². The first kappa shape index (κ1) is 20.9. The van der Waals surface area contributed by atoms with Crippen LogP contribution in [-0.4, -0.2) is 45.9 Å². The number of carbonyl (C=O) groups is 2. The van der Waals surface area contributed by atoms with Crippen LogP contribution in [0.1, 0.15) is 41.2 Å². The smallest absolute Gasteiger partial charge is 0.339 e. The minimum absolute atomic E-state index is 0.357. The van der Waals surface area contributed by atoms with E-state index in [-0.39, 0.29) is 6.61 Å². The Bertz CT molecular complexity index is 1140. The molecule has 0 aliphatic carbocycles. The summed E-state index contributed by atoms with van der Waals surface area (Å²) in [4.78, 5) is 36.8. The second kappa shape index (κ2) is 8.81. The first-order chi connectivity index (χ1) is 14.9. The molecular weight excluding hydrogens is 392 g/mol. The fourth-order valence-corrected chi connectivity index (χ4v) is 3.88. The number of para-hydroxylation sites is 1. The van der Waals surface area contributed by atoms with Gasteiger partial charge in [0, 0.05) is 47.9 Å². The number of hydrogen-bond donors (Lipinski definition) is 1. The number of rotatable bonds is 5. The van der Waals surface area contributed by atoms with E-state index in [4.69, 9.17) is 9.72 Å². The third-order valence-electron chi connectivity index (χ3n) is 5.50. The van der Waals surface area contributed by atoms with Gasteiger partial charge in [0.2, 0.25) is 0 Å². The van der Waals surface area contributed by atoms with Gasteiger partial charge in [0.05, 0.1) is 11.1 Å². The molecule has 1 aliphatic rings. The zero-order chi connectivity index (χ0) is 22.0. The van der Waals surface area contributed by atoms with Crippen molar-refractivity contribution in [1.82, 2.24) is 14.9 Å². The number of benzene rings is 1. The lowest BCUT2D eigenvalue weighted by molar-refractivity contribution is -0.119. The first-order valence-electron chi connectivity index (χ1n) is 10.5. The average Bonchev–Trinajstić information content (AvgIpc) is 2.75. The van der Waals surface area contributed by atoms with Crippen LogP contribution in [0, 0.1) is 6.92 Å². The van der Waals surface area contributed by atoms with Crippen LogP contribution in [0.25, 0.3) is 10.9 Å². The molecule has 0 fully saturated rings. The van der Waals surface area contributed by atoms with Crippen molar-refractivity contribution in [3.05, 3.63) is 65.0 Å². The Morgan fingerprint density at radius 1 is 1.13 bits per heavy atom. The molecule has 0 saturated carbocycles. The Kier molecular flexibility index (Phi) is 5.95. The first-order valence-corrected chi connectivity index (χ1v) is 10.5. The number of nitrogens with zero attached hydrogens (tertiary/aromatic N) is 3. The van der Waals surface area contributed by atoms with Gasteiger partial charge < -0.3 is 10.1 Å². The number of aryl methyl sites for hydroxylation is 1. The van der Waals surface area contributed by atoms with Crippen molar-refractivity contribution in [1.29, 1.82) is 0 Å². The van der Waals surface area contributed by atoms with Crippen molar-refractivity contribution < 1.29 is 14.3 Å². The number of aromatic nitrogens is 2. The van der Waals surface area contributed by atoms with Gasteiger partial charge in [0.15, 0.2) is 6.61 Å². The molecular formula is C24H26N4O3. The third-order valence-corrected chi connectivity index (χ3v) is 5.50. The summed E-state index contributed by atoms with van der Waals surface area (Å²) >= 11 is 0. The van der Waals surface area contributed by atoms with E-state index in [1.807, 2.05) is 37.3 Å². The molecule has 31 heavy (non-hydrogen) atoms. The molecule has 1 aromatic carbocycles. The summed E-state index contributed by atoms with van der Waals surface area (Å²) in [6.07, 6.45) is 0.776. The van der Waals surface area contributed by atoms with E-state index in [9.17, 15) is 9.59 Å². The molecule has 0 atom stereocenters. The van der Waals surface area contributed by atoms with Crippen molar-refractivity contribution in [3.63, 3.8) is 0 Å². The van der Waals surface area contributed by atoms with Gasteiger partial charge >= 0.3 is 5.97 Å². The molecule has 160 valence electrons. The fourth-order valence-electron chi connectivity index (χ4n) is 3.88. The summed E-state index contributed by atoms with van der Waals surface area (Å²) in [6, 6.07) is 13.3. The summed E-state index contributed by atoms with van der Waals surface area (Å²) in [6.45, 7) is 7.27. The molecule has 3 aromatic rings.